The summed E-state index contributed by atoms with van der Waals surface area (Å²) in [5.41, 5.74) is 1.43. The van der Waals surface area contributed by atoms with Gasteiger partial charge in [-0.1, -0.05) is 44.0 Å². The summed E-state index contributed by atoms with van der Waals surface area (Å²) in [6.45, 7) is 4.38. The third-order valence-corrected chi connectivity index (χ3v) is 7.56. The van der Waals surface area contributed by atoms with E-state index in [0.29, 0.717) is 42.3 Å². The number of hydrogen-bond acceptors (Lipinski definition) is 3. The molecule has 0 spiro atoms. The van der Waals surface area contributed by atoms with E-state index in [1.54, 1.807) is 12.1 Å². The molecule has 0 aliphatic heterocycles. The number of amides is 1. The van der Waals surface area contributed by atoms with Crippen LogP contribution in [-0.4, -0.2) is 40.1 Å². The maximum Gasteiger partial charge on any atom is 0.329 e. The second kappa shape index (κ2) is 10.6. The van der Waals surface area contributed by atoms with E-state index in [-0.39, 0.29) is 29.6 Å². The van der Waals surface area contributed by atoms with Gasteiger partial charge in [-0.3, -0.25) is 4.79 Å². The number of fused-ring (bicyclic) bond motifs is 3. The zero-order chi connectivity index (χ0) is 26.0. The van der Waals surface area contributed by atoms with Gasteiger partial charge >= 0.3 is 5.97 Å². The summed E-state index contributed by atoms with van der Waals surface area (Å²) < 4.78 is 27.3. The molecule has 3 atom stereocenters. The van der Waals surface area contributed by atoms with E-state index in [9.17, 15) is 23.5 Å². The van der Waals surface area contributed by atoms with Crippen LogP contribution in [0, 0.1) is 17.6 Å². The SMILES string of the molecule is CCC(C)C(NCCc1ccc(F)cc1)C(=O)NC1(C(=O)O)CCc2[nH]c3c(Cl)cc(F)cc3c2C1. The first-order valence-corrected chi connectivity index (χ1v) is 12.5. The molecule has 0 bridgehead atoms. The number of carboxylic acid groups (broad SMARTS) is 1. The van der Waals surface area contributed by atoms with E-state index < -0.39 is 29.3 Å². The molecule has 3 aromatic rings. The quantitative estimate of drug-likeness (QED) is 0.329. The Balaban J connectivity index is 1.54. The van der Waals surface area contributed by atoms with E-state index in [4.69, 9.17) is 11.6 Å². The van der Waals surface area contributed by atoms with Crippen molar-refractivity contribution < 1.29 is 23.5 Å². The summed E-state index contributed by atoms with van der Waals surface area (Å²) in [6, 6.07) is 8.14. The van der Waals surface area contributed by atoms with E-state index in [1.165, 1.54) is 24.3 Å². The number of carbonyl (C=O) groups excluding carboxylic acids is 1. The Morgan fingerprint density at radius 1 is 1.19 bits per heavy atom. The van der Waals surface area contributed by atoms with Crippen molar-refractivity contribution in [1.82, 2.24) is 15.6 Å². The van der Waals surface area contributed by atoms with Crippen LogP contribution in [0.5, 0.6) is 0 Å². The van der Waals surface area contributed by atoms with Crippen LogP contribution in [-0.2, 0) is 28.9 Å². The van der Waals surface area contributed by atoms with Gasteiger partial charge in [-0.2, -0.15) is 0 Å². The van der Waals surface area contributed by atoms with Gasteiger partial charge in [-0.05, 0) is 67.1 Å². The highest BCUT2D eigenvalue weighted by Gasteiger charge is 2.45. The van der Waals surface area contributed by atoms with Crippen LogP contribution in [0.3, 0.4) is 0 Å². The number of carbonyl (C=O) groups is 2. The van der Waals surface area contributed by atoms with Crippen LogP contribution < -0.4 is 10.6 Å². The van der Waals surface area contributed by atoms with Gasteiger partial charge in [-0.15, -0.1) is 0 Å². The van der Waals surface area contributed by atoms with E-state index >= 15 is 0 Å². The molecule has 192 valence electrons. The Morgan fingerprint density at radius 2 is 1.92 bits per heavy atom. The third kappa shape index (κ3) is 5.25. The number of rotatable bonds is 9. The second-order valence-corrected chi connectivity index (χ2v) is 10.0. The third-order valence-electron chi connectivity index (χ3n) is 7.26. The molecule has 3 unspecified atom stereocenters. The highest BCUT2D eigenvalue weighted by Crippen LogP contribution is 2.37. The molecule has 1 heterocycles. The average Bonchev–Trinajstić information content (AvgIpc) is 3.20. The molecule has 4 rings (SSSR count). The molecule has 0 saturated heterocycles. The Morgan fingerprint density at radius 3 is 2.58 bits per heavy atom. The topological polar surface area (TPSA) is 94.2 Å². The van der Waals surface area contributed by atoms with Crippen LogP contribution in [0.2, 0.25) is 5.02 Å². The van der Waals surface area contributed by atoms with Gasteiger partial charge in [0.2, 0.25) is 5.91 Å². The molecule has 9 heteroatoms. The first-order valence-electron chi connectivity index (χ1n) is 12.1. The summed E-state index contributed by atoms with van der Waals surface area (Å²) >= 11 is 6.21. The highest BCUT2D eigenvalue weighted by atomic mass is 35.5. The number of hydrogen-bond donors (Lipinski definition) is 4. The van der Waals surface area contributed by atoms with Gasteiger partial charge in [0.1, 0.15) is 17.2 Å². The van der Waals surface area contributed by atoms with Crippen LogP contribution in [0.25, 0.3) is 10.9 Å². The maximum absolute atomic E-state index is 14.1. The minimum absolute atomic E-state index is 0.0198. The lowest BCUT2D eigenvalue weighted by molar-refractivity contribution is -0.148. The van der Waals surface area contributed by atoms with Crippen molar-refractivity contribution in [2.24, 2.45) is 5.92 Å². The van der Waals surface area contributed by atoms with Gasteiger partial charge in [0.15, 0.2) is 0 Å². The van der Waals surface area contributed by atoms with Crippen molar-refractivity contribution in [2.45, 2.75) is 57.5 Å². The van der Waals surface area contributed by atoms with E-state index in [0.717, 1.165) is 11.3 Å². The number of benzene rings is 2. The van der Waals surface area contributed by atoms with Crippen molar-refractivity contribution in [2.75, 3.05) is 6.54 Å². The maximum atomic E-state index is 14.1. The number of halogens is 3. The minimum atomic E-state index is -1.53. The molecule has 1 amide bonds. The summed E-state index contributed by atoms with van der Waals surface area (Å²) in [4.78, 5) is 29.2. The van der Waals surface area contributed by atoms with Crippen molar-refractivity contribution in [3.63, 3.8) is 0 Å². The van der Waals surface area contributed by atoms with Gasteiger partial charge in [0.05, 0.1) is 16.6 Å². The number of carboxylic acids is 1. The van der Waals surface area contributed by atoms with Gasteiger partial charge in [-0.25, -0.2) is 13.6 Å². The second-order valence-electron chi connectivity index (χ2n) is 9.64. The molecule has 36 heavy (non-hydrogen) atoms. The van der Waals surface area contributed by atoms with Gasteiger partial charge in [0, 0.05) is 17.5 Å². The van der Waals surface area contributed by atoms with Crippen LogP contribution >= 0.6 is 11.6 Å². The molecule has 2 aromatic carbocycles. The lowest BCUT2D eigenvalue weighted by Gasteiger charge is -2.36. The Kier molecular flexibility index (Phi) is 7.66. The Bertz CT molecular complexity index is 1280. The highest BCUT2D eigenvalue weighted by molar-refractivity contribution is 6.35. The molecule has 6 nitrogen and oxygen atoms in total. The summed E-state index contributed by atoms with van der Waals surface area (Å²) in [7, 11) is 0. The van der Waals surface area contributed by atoms with Crippen molar-refractivity contribution in [3.05, 3.63) is 69.9 Å². The fourth-order valence-electron chi connectivity index (χ4n) is 4.94. The van der Waals surface area contributed by atoms with Crippen molar-refractivity contribution in [3.8, 4) is 0 Å². The van der Waals surface area contributed by atoms with E-state index in [1.807, 2.05) is 13.8 Å². The molecule has 0 saturated carbocycles. The molecule has 0 fully saturated rings. The lowest BCUT2D eigenvalue weighted by atomic mass is 9.79. The normalized spacial score (nSPS) is 19.0. The Labute approximate surface area is 213 Å². The number of aromatic nitrogens is 1. The fraction of sp³-hybridized carbons (Fsp3) is 0.407. The average molecular weight is 518 g/mol. The number of nitrogens with one attached hydrogen (secondary N) is 3. The van der Waals surface area contributed by atoms with E-state index in [2.05, 4.69) is 15.6 Å². The number of aryl methyl sites for hydroxylation is 1. The summed E-state index contributed by atoms with van der Waals surface area (Å²) in [5.74, 6) is -2.39. The van der Waals surface area contributed by atoms with Crippen molar-refractivity contribution >= 4 is 34.4 Å². The Hall–Kier alpha value is -2.97. The number of H-pyrrole nitrogens is 1. The fourth-order valence-corrected chi connectivity index (χ4v) is 5.19. The molecule has 1 aliphatic carbocycles. The first kappa shape index (κ1) is 26.1. The minimum Gasteiger partial charge on any atom is -0.479 e. The first-order chi connectivity index (χ1) is 17.1. The molecular weight excluding hydrogens is 488 g/mol. The van der Waals surface area contributed by atoms with Crippen LogP contribution in [0.4, 0.5) is 8.78 Å². The standard InChI is InChI=1S/C27H30ClF2N3O3/c1-3-15(2)23(31-11-9-16-4-6-17(29)7-5-16)25(34)33-27(26(35)36)10-8-22-20(14-27)19-12-18(30)13-21(28)24(19)32-22/h4-7,12-13,15,23,31-32H,3,8-11,14H2,1-2H3,(H,33,34)(H,35,36). The molecule has 0 radical (unpaired) electrons. The van der Waals surface area contributed by atoms with Crippen LogP contribution in [0.1, 0.15) is 43.5 Å². The summed E-state index contributed by atoms with van der Waals surface area (Å²) in [6.07, 6.45) is 1.89. The monoisotopic (exact) mass is 517 g/mol. The number of aromatic amines is 1. The smallest absolute Gasteiger partial charge is 0.329 e. The molecule has 4 N–H and O–H groups in total. The molecule has 1 aromatic heterocycles. The van der Waals surface area contributed by atoms with Gasteiger partial charge < -0.3 is 20.7 Å². The predicted molar refractivity (Wildman–Crippen MR) is 135 cm³/mol. The molecule has 1 aliphatic rings. The van der Waals surface area contributed by atoms with Gasteiger partial charge in [0.25, 0.3) is 0 Å². The number of aliphatic carboxylic acids is 1. The zero-order valence-corrected chi connectivity index (χ0v) is 21.0. The molecular formula is C27H30ClF2N3O3. The van der Waals surface area contributed by atoms with Crippen LogP contribution in [0.15, 0.2) is 36.4 Å². The lowest BCUT2D eigenvalue weighted by Crippen LogP contribution is -2.62. The zero-order valence-electron chi connectivity index (χ0n) is 20.3. The largest absolute Gasteiger partial charge is 0.479 e. The van der Waals surface area contributed by atoms with Crippen molar-refractivity contribution in [1.29, 1.82) is 0 Å². The predicted octanol–water partition coefficient (Wildman–Crippen LogP) is 4.77. The summed E-state index contributed by atoms with van der Waals surface area (Å²) in [5, 5.41) is 17.1.